The normalized spacial score (nSPS) is 11.4. The lowest BCUT2D eigenvalue weighted by Crippen LogP contribution is -2.39. The lowest BCUT2D eigenvalue weighted by atomic mass is 10.1. The van der Waals surface area contributed by atoms with Gasteiger partial charge in [0, 0.05) is 0 Å². The van der Waals surface area contributed by atoms with Crippen LogP contribution in [0.5, 0.6) is 11.5 Å². The molecule has 10 heteroatoms. The van der Waals surface area contributed by atoms with E-state index < -0.39 is 22.5 Å². The molecule has 0 bridgehead atoms. The number of carbonyl (C=O) groups is 1. The topological polar surface area (TPSA) is 108 Å². The van der Waals surface area contributed by atoms with Crippen molar-refractivity contribution in [1.82, 2.24) is 5.43 Å². The number of hydrogen-bond donors (Lipinski definition) is 2. The Kier molecular flexibility index (Phi) is 7.63. The predicted octanol–water partition coefficient (Wildman–Crippen LogP) is 2.64. The highest BCUT2D eigenvalue weighted by Crippen LogP contribution is 2.34. The fraction of sp³-hybridized carbons (Fsp3) is 0.263. The van der Waals surface area contributed by atoms with Crippen molar-refractivity contribution in [2.45, 2.75) is 13.3 Å². The Labute approximate surface area is 178 Å². The largest absolute Gasteiger partial charge is 0.503 e. The molecule has 0 aromatic heterocycles. The number of halogens is 1. The molecule has 2 aromatic carbocycles. The molecule has 0 aliphatic carbocycles. The van der Waals surface area contributed by atoms with E-state index in [1.807, 2.05) is 19.1 Å². The molecule has 0 unspecified atom stereocenters. The van der Waals surface area contributed by atoms with Crippen molar-refractivity contribution in [3.05, 3.63) is 52.0 Å². The molecule has 0 aliphatic heterocycles. The highest BCUT2D eigenvalue weighted by atomic mass is 79.9. The third kappa shape index (κ3) is 5.94. The summed E-state index contributed by atoms with van der Waals surface area (Å²) >= 11 is 3.20. The zero-order chi connectivity index (χ0) is 21.6. The molecule has 0 heterocycles. The average Bonchev–Trinajstić information content (AvgIpc) is 2.67. The summed E-state index contributed by atoms with van der Waals surface area (Å²) in [6.45, 7) is 1.50. The summed E-state index contributed by atoms with van der Waals surface area (Å²) in [7, 11) is -2.26. The number of phenols is 1. The lowest BCUT2D eigenvalue weighted by molar-refractivity contribution is -0.119. The van der Waals surface area contributed by atoms with Crippen molar-refractivity contribution in [1.29, 1.82) is 0 Å². The minimum atomic E-state index is -3.67. The first-order valence-electron chi connectivity index (χ1n) is 8.61. The maximum atomic E-state index is 12.3. The second-order valence-corrected chi connectivity index (χ2v) is 8.86. The number of rotatable bonds is 8. The van der Waals surface area contributed by atoms with Crippen molar-refractivity contribution in [3.8, 4) is 11.5 Å². The summed E-state index contributed by atoms with van der Waals surface area (Å²) in [5.41, 5.74) is 4.15. The van der Waals surface area contributed by atoms with Crippen LogP contribution in [-0.4, -0.2) is 45.6 Å². The number of nitrogens with one attached hydrogen (secondary N) is 1. The van der Waals surface area contributed by atoms with Crippen LogP contribution in [-0.2, 0) is 21.2 Å². The van der Waals surface area contributed by atoms with Gasteiger partial charge in [-0.3, -0.25) is 9.10 Å². The first-order valence-corrected chi connectivity index (χ1v) is 11.3. The zero-order valence-electron chi connectivity index (χ0n) is 16.2. The van der Waals surface area contributed by atoms with Gasteiger partial charge in [0.25, 0.3) is 5.91 Å². The van der Waals surface area contributed by atoms with E-state index in [1.54, 1.807) is 18.2 Å². The number of benzene rings is 2. The number of phenolic OH excluding ortho intramolecular Hbond substituents is 1. The second kappa shape index (κ2) is 9.75. The highest BCUT2D eigenvalue weighted by molar-refractivity contribution is 9.10. The summed E-state index contributed by atoms with van der Waals surface area (Å²) < 4.78 is 31.0. The van der Waals surface area contributed by atoms with Gasteiger partial charge in [0.1, 0.15) is 6.54 Å². The van der Waals surface area contributed by atoms with Crippen LogP contribution in [0, 0.1) is 0 Å². The molecule has 0 spiro atoms. The van der Waals surface area contributed by atoms with Gasteiger partial charge in [-0.15, -0.1) is 0 Å². The van der Waals surface area contributed by atoms with E-state index in [1.165, 1.54) is 19.4 Å². The molecular formula is C19H22BrN3O5S. The molecule has 2 N–H and O–H groups in total. The number of aromatic hydroxyl groups is 1. The van der Waals surface area contributed by atoms with Gasteiger partial charge in [-0.1, -0.05) is 25.1 Å². The van der Waals surface area contributed by atoms with E-state index in [9.17, 15) is 18.3 Å². The van der Waals surface area contributed by atoms with E-state index in [0.717, 1.165) is 16.1 Å². The molecule has 0 saturated heterocycles. The number of anilines is 1. The van der Waals surface area contributed by atoms with Crippen molar-refractivity contribution >= 4 is 43.8 Å². The lowest BCUT2D eigenvalue weighted by Gasteiger charge is -2.23. The zero-order valence-corrected chi connectivity index (χ0v) is 18.6. The Hall–Kier alpha value is -2.59. The molecule has 29 heavy (non-hydrogen) atoms. The van der Waals surface area contributed by atoms with Crippen LogP contribution in [0.1, 0.15) is 18.1 Å². The molecule has 8 nitrogen and oxygen atoms in total. The van der Waals surface area contributed by atoms with Gasteiger partial charge in [-0.2, -0.15) is 5.10 Å². The molecule has 0 aliphatic rings. The number of methoxy groups -OCH3 is 1. The van der Waals surface area contributed by atoms with Crippen LogP contribution in [0.25, 0.3) is 0 Å². The van der Waals surface area contributed by atoms with Crippen molar-refractivity contribution in [2.24, 2.45) is 5.10 Å². The number of ether oxygens (including phenoxy) is 1. The van der Waals surface area contributed by atoms with Crippen molar-refractivity contribution in [3.63, 3.8) is 0 Å². The van der Waals surface area contributed by atoms with Gasteiger partial charge in [-0.25, -0.2) is 13.8 Å². The first-order chi connectivity index (χ1) is 13.7. The summed E-state index contributed by atoms with van der Waals surface area (Å²) in [5.74, 6) is -0.402. The Bertz CT molecular complexity index is 1020. The van der Waals surface area contributed by atoms with Gasteiger partial charge in [-0.05, 0) is 51.7 Å². The minimum Gasteiger partial charge on any atom is -0.503 e. The molecule has 0 atom stereocenters. The Balaban J connectivity index is 2.16. The fourth-order valence-corrected chi connectivity index (χ4v) is 3.95. The van der Waals surface area contributed by atoms with E-state index >= 15 is 0 Å². The van der Waals surface area contributed by atoms with Crippen LogP contribution in [0.2, 0.25) is 0 Å². The Morgan fingerprint density at radius 2 is 2.03 bits per heavy atom. The number of hydrogen-bond acceptors (Lipinski definition) is 6. The van der Waals surface area contributed by atoms with Crippen LogP contribution in [0.4, 0.5) is 5.69 Å². The van der Waals surface area contributed by atoms with Crippen molar-refractivity contribution in [2.75, 3.05) is 24.2 Å². The van der Waals surface area contributed by atoms with Gasteiger partial charge in [0.2, 0.25) is 10.0 Å². The van der Waals surface area contributed by atoms with E-state index in [4.69, 9.17) is 4.74 Å². The van der Waals surface area contributed by atoms with E-state index in [-0.39, 0.29) is 11.5 Å². The summed E-state index contributed by atoms with van der Waals surface area (Å²) in [6, 6.07) is 10.1. The van der Waals surface area contributed by atoms with Gasteiger partial charge >= 0.3 is 0 Å². The van der Waals surface area contributed by atoms with E-state index in [0.29, 0.717) is 22.1 Å². The molecule has 0 radical (unpaired) electrons. The van der Waals surface area contributed by atoms with E-state index in [2.05, 4.69) is 26.5 Å². The smallest absolute Gasteiger partial charge is 0.260 e. The van der Waals surface area contributed by atoms with Gasteiger partial charge < -0.3 is 9.84 Å². The maximum Gasteiger partial charge on any atom is 0.260 e. The SMILES string of the molecule is CCc1ccccc1N(CC(=O)N/N=C\c1cc(Br)c(O)c(OC)c1)S(C)(=O)=O. The summed E-state index contributed by atoms with van der Waals surface area (Å²) in [4.78, 5) is 12.3. The third-order valence-corrected chi connectivity index (χ3v) is 5.73. The summed E-state index contributed by atoms with van der Waals surface area (Å²) in [6.07, 6.45) is 3.03. The second-order valence-electron chi connectivity index (χ2n) is 6.10. The van der Waals surface area contributed by atoms with Crippen LogP contribution in [0.3, 0.4) is 0 Å². The average molecular weight is 484 g/mol. The number of hydrazone groups is 1. The number of carbonyl (C=O) groups excluding carboxylic acids is 1. The monoisotopic (exact) mass is 483 g/mol. The fourth-order valence-electron chi connectivity index (χ4n) is 2.60. The molecular weight excluding hydrogens is 462 g/mol. The molecule has 1 amide bonds. The number of nitrogens with zero attached hydrogens (tertiary/aromatic N) is 2. The van der Waals surface area contributed by atoms with Crippen LogP contribution >= 0.6 is 15.9 Å². The van der Waals surface area contributed by atoms with Crippen LogP contribution < -0.4 is 14.5 Å². The number of amides is 1. The molecule has 2 aromatic rings. The number of aryl methyl sites for hydroxylation is 1. The molecule has 2 rings (SSSR count). The van der Waals surface area contributed by atoms with Gasteiger partial charge in [0.15, 0.2) is 11.5 Å². The van der Waals surface area contributed by atoms with Crippen molar-refractivity contribution < 1.29 is 23.1 Å². The minimum absolute atomic E-state index is 0.0490. The number of para-hydroxylation sites is 1. The Morgan fingerprint density at radius 3 is 2.66 bits per heavy atom. The summed E-state index contributed by atoms with van der Waals surface area (Å²) in [5, 5.41) is 13.7. The third-order valence-electron chi connectivity index (χ3n) is 4.00. The molecule has 0 fully saturated rings. The Morgan fingerprint density at radius 1 is 1.34 bits per heavy atom. The predicted molar refractivity (Wildman–Crippen MR) is 116 cm³/mol. The van der Waals surface area contributed by atoms with Gasteiger partial charge in [0.05, 0.1) is 29.7 Å². The molecule has 156 valence electrons. The highest BCUT2D eigenvalue weighted by Gasteiger charge is 2.22. The quantitative estimate of drug-likeness (QED) is 0.443. The van der Waals surface area contributed by atoms with Crippen LogP contribution in [0.15, 0.2) is 46.0 Å². The number of sulfonamides is 1. The standard InChI is InChI=1S/C19H22BrN3O5S/c1-4-14-7-5-6-8-16(14)23(29(3,26)27)12-18(24)22-21-11-13-9-15(20)19(25)17(10-13)28-2/h5-11,25H,4,12H2,1-3H3,(H,22,24)/b21-11-. The first kappa shape index (κ1) is 22.7. The maximum absolute atomic E-state index is 12.3. The molecule has 0 saturated carbocycles.